The van der Waals surface area contributed by atoms with Crippen LogP contribution in [0.2, 0.25) is 5.02 Å². The number of hydrogen-bond acceptors (Lipinski definition) is 4. The van der Waals surface area contributed by atoms with Crippen molar-refractivity contribution in [2.45, 2.75) is 13.5 Å². The van der Waals surface area contributed by atoms with Crippen molar-refractivity contribution in [3.63, 3.8) is 0 Å². The summed E-state index contributed by atoms with van der Waals surface area (Å²) < 4.78 is 10.3. The van der Waals surface area contributed by atoms with Crippen LogP contribution in [-0.4, -0.2) is 26.0 Å². The van der Waals surface area contributed by atoms with Gasteiger partial charge in [-0.3, -0.25) is 9.59 Å². The van der Waals surface area contributed by atoms with Crippen LogP contribution in [0.25, 0.3) is 0 Å². The van der Waals surface area contributed by atoms with E-state index in [0.717, 1.165) is 11.3 Å². The molecule has 132 valence electrons. The van der Waals surface area contributed by atoms with Crippen LogP contribution in [0.4, 0.5) is 5.69 Å². The zero-order valence-electron chi connectivity index (χ0n) is 14.2. The molecule has 0 aromatic heterocycles. The molecule has 0 aliphatic rings. The normalized spacial score (nSPS) is 10.1. The van der Waals surface area contributed by atoms with Crippen LogP contribution in [0, 0.1) is 0 Å². The Morgan fingerprint density at radius 2 is 1.76 bits per heavy atom. The summed E-state index contributed by atoms with van der Waals surface area (Å²) in [6.45, 7) is 1.72. The Balaban J connectivity index is 2.14. The van der Waals surface area contributed by atoms with Gasteiger partial charge in [-0.1, -0.05) is 23.7 Å². The van der Waals surface area contributed by atoms with Gasteiger partial charge in [0, 0.05) is 19.5 Å². The molecule has 2 aromatic rings. The standard InChI is InChI=1S/C18H19ClN2O4/c1-11(22)21-16-9-17(25-3)14(8-15(16)19)18(23)20-10-12-4-6-13(24-2)7-5-12/h4-9H,10H2,1-3H3,(H,20,23)(H,21,22). The monoisotopic (exact) mass is 362 g/mol. The van der Waals surface area contributed by atoms with Gasteiger partial charge in [0.15, 0.2) is 0 Å². The molecule has 0 fully saturated rings. The van der Waals surface area contributed by atoms with E-state index in [1.54, 1.807) is 7.11 Å². The minimum absolute atomic E-state index is 0.255. The van der Waals surface area contributed by atoms with Crippen LogP contribution in [-0.2, 0) is 11.3 Å². The molecular formula is C18H19ClN2O4. The van der Waals surface area contributed by atoms with Crippen molar-refractivity contribution in [1.82, 2.24) is 5.32 Å². The summed E-state index contributed by atoms with van der Waals surface area (Å²) >= 11 is 6.13. The number of rotatable bonds is 6. The minimum atomic E-state index is -0.330. The van der Waals surface area contributed by atoms with E-state index in [4.69, 9.17) is 21.1 Å². The number of methoxy groups -OCH3 is 2. The minimum Gasteiger partial charge on any atom is -0.497 e. The molecule has 2 N–H and O–H groups in total. The zero-order valence-corrected chi connectivity index (χ0v) is 14.9. The Bertz CT molecular complexity index is 775. The van der Waals surface area contributed by atoms with Crippen LogP contribution in [0.1, 0.15) is 22.8 Å². The van der Waals surface area contributed by atoms with Crippen LogP contribution < -0.4 is 20.1 Å². The van der Waals surface area contributed by atoms with Crippen LogP contribution in [0.5, 0.6) is 11.5 Å². The van der Waals surface area contributed by atoms with Crippen molar-refractivity contribution in [2.75, 3.05) is 19.5 Å². The van der Waals surface area contributed by atoms with E-state index in [9.17, 15) is 9.59 Å². The zero-order chi connectivity index (χ0) is 18.4. The molecule has 0 unspecified atom stereocenters. The van der Waals surface area contributed by atoms with Gasteiger partial charge in [-0.05, 0) is 23.8 Å². The van der Waals surface area contributed by atoms with Crippen LogP contribution in [0.15, 0.2) is 36.4 Å². The molecule has 25 heavy (non-hydrogen) atoms. The molecule has 6 nitrogen and oxygen atoms in total. The van der Waals surface area contributed by atoms with E-state index >= 15 is 0 Å². The summed E-state index contributed by atoms with van der Waals surface area (Å²) in [6, 6.07) is 10.4. The van der Waals surface area contributed by atoms with Gasteiger partial charge in [-0.15, -0.1) is 0 Å². The first-order valence-corrected chi connectivity index (χ1v) is 7.88. The average Bonchev–Trinajstić information content (AvgIpc) is 2.61. The van der Waals surface area contributed by atoms with E-state index in [-0.39, 0.29) is 22.4 Å². The van der Waals surface area contributed by atoms with Gasteiger partial charge in [0.2, 0.25) is 5.91 Å². The van der Waals surface area contributed by atoms with Gasteiger partial charge >= 0.3 is 0 Å². The SMILES string of the molecule is COc1ccc(CNC(=O)c2cc(Cl)c(NC(C)=O)cc2OC)cc1. The molecule has 0 heterocycles. The summed E-state index contributed by atoms with van der Waals surface area (Å²) in [5.74, 6) is 0.474. The van der Waals surface area contributed by atoms with Crippen molar-refractivity contribution in [1.29, 1.82) is 0 Å². The van der Waals surface area contributed by atoms with Crippen molar-refractivity contribution in [3.05, 3.63) is 52.5 Å². The lowest BCUT2D eigenvalue weighted by molar-refractivity contribution is -0.114. The molecule has 0 atom stereocenters. The predicted octanol–water partition coefficient (Wildman–Crippen LogP) is 3.25. The maximum Gasteiger partial charge on any atom is 0.255 e. The number of ether oxygens (including phenoxy) is 2. The number of nitrogens with one attached hydrogen (secondary N) is 2. The second kappa shape index (κ2) is 8.39. The third kappa shape index (κ3) is 4.87. The van der Waals surface area contributed by atoms with Crippen molar-refractivity contribution in [2.24, 2.45) is 0 Å². The second-order valence-electron chi connectivity index (χ2n) is 5.24. The van der Waals surface area contributed by atoms with E-state index in [0.29, 0.717) is 18.0 Å². The first-order valence-electron chi connectivity index (χ1n) is 7.51. The molecule has 0 radical (unpaired) electrons. The summed E-state index contributed by atoms with van der Waals surface area (Å²) in [7, 11) is 3.04. The first kappa shape index (κ1) is 18.6. The lowest BCUT2D eigenvalue weighted by Crippen LogP contribution is -2.23. The van der Waals surface area contributed by atoms with Crippen LogP contribution in [0.3, 0.4) is 0 Å². The van der Waals surface area contributed by atoms with E-state index in [2.05, 4.69) is 10.6 Å². The Morgan fingerprint density at radius 1 is 1.08 bits per heavy atom. The highest BCUT2D eigenvalue weighted by Crippen LogP contribution is 2.31. The molecular weight excluding hydrogens is 344 g/mol. The molecule has 2 rings (SSSR count). The predicted molar refractivity (Wildman–Crippen MR) is 96.5 cm³/mol. The van der Waals surface area contributed by atoms with Gasteiger partial charge < -0.3 is 20.1 Å². The third-order valence-corrected chi connectivity index (χ3v) is 3.77. The molecule has 0 saturated carbocycles. The third-order valence-electron chi connectivity index (χ3n) is 3.46. The first-order chi connectivity index (χ1) is 11.9. The topological polar surface area (TPSA) is 76.7 Å². The fourth-order valence-electron chi connectivity index (χ4n) is 2.21. The number of hydrogen-bond donors (Lipinski definition) is 2. The molecule has 0 bridgehead atoms. The summed E-state index contributed by atoms with van der Waals surface area (Å²) in [4.78, 5) is 23.6. The smallest absolute Gasteiger partial charge is 0.255 e. The Labute approximate surface area is 151 Å². The second-order valence-corrected chi connectivity index (χ2v) is 5.65. The largest absolute Gasteiger partial charge is 0.497 e. The Morgan fingerprint density at radius 3 is 2.32 bits per heavy atom. The highest BCUT2D eigenvalue weighted by molar-refractivity contribution is 6.34. The van der Waals surface area contributed by atoms with E-state index in [1.807, 2.05) is 24.3 Å². The summed E-state index contributed by atoms with van der Waals surface area (Å²) in [5, 5.41) is 5.65. The van der Waals surface area contributed by atoms with Crippen molar-refractivity contribution < 1.29 is 19.1 Å². The highest BCUT2D eigenvalue weighted by atomic mass is 35.5. The van der Waals surface area contributed by atoms with Gasteiger partial charge in [-0.2, -0.15) is 0 Å². The molecule has 2 aromatic carbocycles. The number of benzene rings is 2. The average molecular weight is 363 g/mol. The summed E-state index contributed by atoms with van der Waals surface area (Å²) in [6.07, 6.45) is 0. The summed E-state index contributed by atoms with van der Waals surface area (Å²) in [5.41, 5.74) is 1.60. The van der Waals surface area contributed by atoms with Crippen molar-refractivity contribution in [3.8, 4) is 11.5 Å². The molecule has 7 heteroatoms. The van der Waals surface area contributed by atoms with Gasteiger partial charge in [-0.25, -0.2) is 0 Å². The highest BCUT2D eigenvalue weighted by Gasteiger charge is 2.16. The number of anilines is 1. The van der Waals surface area contributed by atoms with Crippen LogP contribution >= 0.6 is 11.6 Å². The quantitative estimate of drug-likeness (QED) is 0.827. The molecule has 0 aliphatic heterocycles. The molecule has 0 spiro atoms. The fourth-order valence-corrected chi connectivity index (χ4v) is 2.42. The van der Waals surface area contributed by atoms with E-state index in [1.165, 1.54) is 26.2 Å². The number of amides is 2. The molecule has 0 aliphatic carbocycles. The fraction of sp³-hybridized carbons (Fsp3) is 0.222. The van der Waals surface area contributed by atoms with Gasteiger partial charge in [0.25, 0.3) is 5.91 Å². The van der Waals surface area contributed by atoms with Gasteiger partial charge in [0.1, 0.15) is 11.5 Å². The Hall–Kier alpha value is -2.73. The maximum absolute atomic E-state index is 12.4. The molecule has 2 amide bonds. The lowest BCUT2D eigenvalue weighted by Gasteiger charge is -2.13. The maximum atomic E-state index is 12.4. The number of halogens is 1. The number of carbonyl (C=O) groups is 2. The number of carbonyl (C=O) groups excluding carboxylic acids is 2. The Kier molecular flexibility index (Phi) is 6.25. The van der Waals surface area contributed by atoms with E-state index < -0.39 is 0 Å². The van der Waals surface area contributed by atoms with Crippen molar-refractivity contribution >= 4 is 29.1 Å². The lowest BCUT2D eigenvalue weighted by atomic mass is 10.1. The van der Waals surface area contributed by atoms with Gasteiger partial charge in [0.05, 0.1) is 30.5 Å². The molecule has 0 saturated heterocycles.